The average Bonchev–Trinajstić information content (AvgIpc) is 2.51. The lowest BCUT2D eigenvalue weighted by molar-refractivity contribution is -0.121. The van der Waals surface area contributed by atoms with Crippen LogP contribution in [-0.2, 0) is 4.79 Å². The topological polar surface area (TPSA) is 56.7 Å². The van der Waals surface area contributed by atoms with Crippen molar-refractivity contribution in [3.8, 4) is 0 Å². The molecule has 1 atom stereocenters. The van der Waals surface area contributed by atoms with Crippen LogP contribution in [0.15, 0.2) is 4.99 Å². The monoisotopic (exact) mass is 442 g/mol. The first kappa shape index (κ1) is 21.8. The molecule has 5 nitrogen and oxygen atoms in total. The number of rotatable bonds is 6. The highest BCUT2D eigenvalue weighted by Crippen LogP contribution is 2.20. The third-order valence-electron chi connectivity index (χ3n) is 3.90. The van der Waals surface area contributed by atoms with Gasteiger partial charge in [0.2, 0.25) is 5.91 Å². The van der Waals surface area contributed by atoms with E-state index in [9.17, 15) is 4.79 Å². The fraction of sp³-hybridized carbons (Fsp3) is 0.867. The Balaban J connectivity index is 0.00000441. The molecule has 7 heteroatoms. The fourth-order valence-electron chi connectivity index (χ4n) is 2.43. The normalized spacial score (nSPS) is 17.6. The van der Waals surface area contributed by atoms with Crippen LogP contribution in [0.4, 0.5) is 0 Å². The van der Waals surface area contributed by atoms with E-state index in [1.54, 1.807) is 7.05 Å². The van der Waals surface area contributed by atoms with E-state index in [-0.39, 0.29) is 29.9 Å². The molecule has 1 unspecified atom stereocenters. The van der Waals surface area contributed by atoms with Gasteiger partial charge in [0.1, 0.15) is 0 Å². The SMILES string of the molecule is CCNC(=NCC(C)SC)N1CCC(CC(=O)NC)CC1.I. The lowest BCUT2D eigenvalue weighted by atomic mass is 9.93. The number of nitrogens with zero attached hydrogens (tertiary/aromatic N) is 2. The van der Waals surface area contributed by atoms with Gasteiger partial charge in [0.05, 0.1) is 6.54 Å². The Morgan fingerprint density at radius 2 is 2.05 bits per heavy atom. The van der Waals surface area contributed by atoms with Gasteiger partial charge in [-0.1, -0.05) is 6.92 Å². The van der Waals surface area contributed by atoms with Crippen LogP contribution in [0.25, 0.3) is 0 Å². The third-order valence-corrected chi connectivity index (χ3v) is 4.86. The van der Waals surface area contributed by atoms with E-state index in [1.165, 1.54) is 0 Å². The number of guanidine groups is 1. The molecule has 2 N–H and O–H groups in total. The zero-order chi connectivity index (χ0) is 15.7. The standard InChI is InChI=1S/C15H30N4OS.HI/c1-5-17-15(18-11-12(2)21-4)19-8-6-13(7-9-19)10-14(20)16-3;/h12-13H,5-11H2,1-4H3,(H,16,20)(H,17,18);1H. The van der Waals surface area contributed by atoms with E-state index < -0.39 is 0 Å². The van der Waals surface area contributed by atoms with Crippen LogP contribution in [0, 0.1) is 5.92 Å². The van der Waals surface area contributed by atoms with Crippen LogP contribution >= 0.6 is 35.7 Å². The number of hydrogen-bond donors (Lipinski definition) is 2. The van der Waals surface area contributed by atoms with Gasteiger partial charge >= 0.3 is 0 Å². The smallest absolute Gasteiger partial charge is 0.220 e. The molecule has 1 amide bonds. The Morgan fingerprint density at radius 1 is 1.41 bits per heavy atom. The van der Waals surface area contributed by atoms with E-state index in [4.69, 9.17) is 4.99 Å². The zero-order valence-electron chi connectivity index (χ0n) is 14.2. The van der Waals surface area contributed by atoms with Crippen molar-refractivity contribution in [1.29, 1.82) is 0 Å². The van der Waals surface area contributed by atoms with Gasteiger partial charge in [-0.25, -0.2) is 0 Å². The van der Waals surface area contributed by atoms with Crippen molar-refractivity contribution >= 4 is 47.6 Å². The van der Waals surface area contributed by atoms with Crippen LogP contribution in [0.2, 0.25) is 0 Å². The van der Waals surface area contributed by atoms with E-state index in [0.29, 0.717) is 17.6 Å². The van der Waals surface area contributed by atoms with Crippen LogP contribution in [0.3, 0.4) is 0 Å². The zero-order valence-corrected chi connectivity index (χ0v) is 17.4. The Morgan fingerprint density at radius 3 is 2.55 bits per heavy atom. The molecule has 22 heavy (non-hydrogen) atoms. The fourth-order valence-corrected chi connectivity index (χ4v) is 2.65. The summed E-state index contributed by atoms with van der Waals surface area (Å²) in [7, 11) is 1.71. The molecule has 0 spiro atoms. The van der Waals surface area contributed by atoms with Crippen molar-refractivity contribution < 1.29 is 4.79 Å². The van der Waals surface area contributed by atoms with Crippen LogP contribution < -0.4 is 10.6 Å². The van der Waals surface area contributed by atoms with Gasteiger partial charge < -0.3 is 15.5 Å². The summed E-state index contributed by atoms with van der Waals surface area (Å²) >= 11 is 1.84. The van der Waals surface area contributed by atoms with Gasteiger partial charge in [0, 0.05) is 38.4 Å². The molecule has 1 saturated heterocycles. The molecular formula is C15H31IN4OS. The van der Waals surface area contributed by atoms with Gasteiger partial charge in [-0.3, -0.25) is 9.79 Å². The number of nitrogens with one attached hydrogen (secondary N) is 2. The van der Waals surface area contributed by atoms with Crippen LogP contribution in [0.1, 0.15) is 33.1 Å². The number of halogens is 1. The van der Waals surface area contributed by atoms with Crippen molar-refractivity contribution in [3.05, 3.63) is 0 Å². The van der Waals surface area contributed by atoms with Crippen molar-refractivity contribution in [1.82, 2.24) is 15.5 Å². The van der Waals surface area contributed by atoms with Crippen LogP contribution in [-0.4, -0.2) is 61.5 Å². The molecule has 130 valence electrons. The van der Waals surface area contributed by atoms with Gasteiger partial charge in [-0.05, 0) is 31.9 Å². The number of hydrogen-bond acceptors (Lipinski definition) is 3. The molecule has 0 aromatic carbocycles. The Bertz CT molecular complexity index is 346. The van der Waals surface area contributed by atoms with Crippen molar-refractivity contribution in [2.24, 2.45) is 10.9 Å². The molecule has 1 fully saturated rings. The summed E-state index contributed by atoms with van der Waals surface area (Å²) in [5, 5.41) is 6.65. The second-order valence-electron chi connectivity index (χ2n) is 5.55. The molecule has 1 aliphatic heterocycles. The molecule has 1 heterocycles. The molecule has 1 aliphatic rings. The maximum Gasteiger partial charge on any atom is 0.220 e. The first-order valence-corrected chi connectivity index (χ1v) is 9.16. The Kier molecular flexibility index (Phi) is 12.2. The lowest BCUT2D eigenvalue weighted by Crippen LogP contribution is -2.46. The summed E-state index contributed by atoms with van der Waals surface area (Å²) in [5.41, 5.74) is 0. The molecule has 0 aromatic heterocycles. The van der Waals surface area contributed by atoms with E-state index in [2.05, 4.69) is 35.6 Å². The molecule has 0 aromatic rings. The first-order chi connectivity index (χ1) is 10.1. The summed E-state index contributed by atoms with van der Waals surface area (Å²) in [6.45, 7) is 8.02. The number of carbonyl (C=O) groups is 1. The number of carbonyl (C=O) groups excluding carboxylic acids is 1. The van der Waals surface area contributed by atoms with Crippen molar-refractivity contribution in [2.45, 2.75) is 38.4 Å². The van der Waals surface area contributed by atoms with Gasteiger partial charge in [0.25, 0.3) is 0 Å². The predicted molar refractivity (Wildman–Crippen MR) is 107 cm³/mol. The van der Waals surface area contributed by atoms with Gasteiger partial charge in [0.15, 0.2) is 5.96 Å². The van der Waals surface area contributed by atoms with E-state index in [1.807, 2.05) is 11.8 Å². The quantitative estimate of drug-likeness (QED) is 0.376. The Hall–Kier alpha value is -0.180. The summed E-state index contributed by atoms with van der Waals surface area (Å²) in [6, 6.07) is 0. The minimum Gasteiger partial charge on any atom is -0.359 e. The summed E-state index contributed by atoms with van der Waals surface area (Å²) in [6.07, 6.45) is 4.91. The van der Waals surface area contributed by atoms with E-state index in [0.717, 1.165) is 45.0 Å². The Labute approximate surface area is 156 Å². The average molecular weight is 442 g/mol. The highest BCUT2D eigenvalue weighted by atomic mass is 127. The second kappa shape index (κ2) is 12.3. The number of amides is 1. The number of piperidine rings is 1. The van der Waals surface area contributed by atoms with Crippen LogP contribution in [0.5, 0.6) is 0 Å². The summed E-state index contributed by atoms with van der Waals surface area (Å²) in [5.74, 6) is 1.69. The summed E-state index contributed by atoms with van der Waals surface area (Å²) in [4.78, 5) is 18.5. The molecule has 0 bridgehead atoms. The van der Waals surface area contributed by atoms with E-state index >= 15 is 0 Å². The van der Waals surface area contributed by atoms with Crippen molar-refractivity contribution in [3.63, 3.8) is 0 Å². The molecule has 0 saturated carbocycles. The minimum atomic E-state index is 0. The molecular weight excluding hydrogens is 411 g/mol. The highest BCUT2D eigenvalue weighted by Gasteiger charge is 2.23. The maximum absolute atomic E-state index is 11.4. The molecule has 0 radical (unpaired) electrons. The third kappa shape index (κ3) is 7.89. The molecule has 1 rings (SSSR count). The first-order valence-electron chi connectivity index (χ1n) is 7.87. The van der Waals surface area contributed by atoms with Gasteiger partial charge in [-0.15, -0.1) is 24.0 Å². The lowest BCUT2D eigenvalue weighted by Gasteiger charge is -2.34. The number of thioether (sulfide) groups is 1. The second-order valence-corrected chi connectivity index (χ2v) is 6.82. The number of aliphatic imine (C=N–C) groups is 1. The van der Waals surface area contributed by atoms with Crippen molar-refractivity contribution in [2.75, 3.05) is 39.5 Å². The number of likely N-dealkylation sites (tertiary alicyclic amines) is 1. The maximum atomic E-state index is 11.4. The summed E-state index contributed by atoms with van der Waals surface area (Å²) < 4.78 is 0. The minimum absolute atomic E-state index is 0. The predicted octanol–water partition coefficient (Wildman–Crippen LogP) is 2.17. The molecule has 0 aliphatic carbocycles. The highest BCUT2D eigenvalue weighted by molar-refractivity contribution is 14.0. The van der Waals surface area contributed by atoms with Gasteiger partial charge in [-0.2, -0.15) is 11.8 Å². The largest absolute Gasteiger partial charge is 0.359 e.